The maximum Gasteiger partial charge on any atom is 0.271 e. The zero-order valence-corrected chi connectivity index (χ0v) is 10.6. The number of rotatable bonds is 4. The van der Waals surface area contributed by atoms with Gasteiger partial charge in [0.1, 0.15) is 11.5 Å². The van der Waals surface area contributed by atoms with Crippen LogP contribution in [0.25, 0.3) is 0 Å². The normalized spacial score (nSPS) is 10.4. The molecule has 6 heteroatoms. The fourth-order valence-electron chi connectivity index (χ4n) is 1.76. The number of carbonyl (C=O) groups is 1. The Balaban J connectivity index is 2.05. The van der Waals surface area contributed by atoms with Crippen molar-refractivity contribution in [2.75, 3.05) is 5.73 Å². The van der Waals surface area contributed by atoms with Gasteiger partial charge in [0, 0.05) is 13.1 Å². The Hall–Kier alpha value is -2.37. The SMILES string of the molecule is CCn1ncc(N)c1C(=O)NCc1ccc(F)cc1. The van der Waals surface area contributed by atoms with E-state index < -0.39 is 0 Å². The Kier molecular flexibility index (Phi) is 3.79. The van der Waals surface area contributed by atoms with Crippen LogP contribution in [0.5, 0.6) is 0 Å². The third-order valence-corrected chi connectivity index (χ3v) is 2.75. The molecule has 5 nitrogen and oxygen atoms in total. The fraction of sp³-hybridized carbons (Fsp3) is 0.231. The van der Waals surface area contributed by atoms with E-state index in [9.17, 15) is 9.18 Å². The zero-order valence-electron chi connectivity index (χ0n) is 10.6. The Labute approximate surface area is 110 Å². The lowest BCUT2D eigenvalue weighted by molar-refractivity contribution is 0.0941. The van der Waals surface area contributed by atoms with E-state index >= 15 is 0 Å². The van der Waals surface area contributed by atoms with Crippen molar-refractivity contribution >= 4 is 11.6 Å². The van der Waals surface area contributed by atoms with E-state index in [-0.39, 0.29) is 11.7 Å². The van der Waals surface area contributed by atoms with Crippen LogP contribution in [0, 0.1) is 5.82 Å². The van der Waals surface area contributed by atoms with Gasteiger partial charge in [-0.05, 0) is 24.6 Å². The maximum atomic E-state index is 12.7. The van der Waals surface area contributed by atoms with E-state index in [1.54, 1.807) is 12.1 Å². The highest BCUT2D eigenvalue weighted by Gasteiger charge is 2.15. The molecule has 1 heterocycles. The Morgan fingerprint density at radius 3 is 2.74 bits per heavy atom. The lowest BCUT2D eigenvalue weighted by Crippen LogP contribution is -2.26. The second-order valence-corrected chi connectivity index (χ2v) is 4.07. The van der Waals surface area contributed by atoms with E-state index in [0.717, 1.165) is 5.56 Å². The number of aryl methyl sites for hydroxylation is 1. The number of carbonyl (C=O) groups excluding carboxylic acids is 1. The predicted octanol–water partition coefficient (Wildman–Crippen LogP) is 1.55. The van der Waals surface area contributed by atoms with Gasteiger partial charge < -0.3 is 11.1 Å². The smallest absolute Gasteiger partial charge is 0.271 e. The number of hydrogen-bond acceptors (Lipinski definition) is 3. The van der Waals surface area contributed by atoms with Crippen LogP contribution in [0.15, 0.2) is 30.5 Å². The number of nitrogens with two attached hydrogens (primary N) is 1. The lowest BCUT2D eigenvalue weighted by atomic mass is 10.2. The molecule has 1 aromatic carbocycles. The van der Waals surface area contributed by atoms with Crippen LogP contribution in [-0.2, 0) is 13.1 Å². The average molecular weight is 262 g/mol. The van der Waals surface area contributed by atoms with E-state index in [0.29, 0.717) is 24.5 Å². The number of anilines is 1. The van der Waals surface area contributed by atoms with Crippen LogP contribution in [0.4, 0.5) is 10.1 Å². The topological polar surface area (TPSA) is 72.9 Å². The molecule has 0 saturated heterocycles. The highest BCUT2D eigenvalue weighted by atomic mass is 19.1. The Morgan fingerprint density at radius 1 is 1.42 bits per heavy atom. The largest absolute Gasteiger partial charge is 0.396 e. The summed E-state index contributed by atoms with van der Waals surface area (Å²) in [5.74, 6) is -0.593. The third-order valence-electron chi connectivity index (χ3n) is 2.75. The summed E-state index contributed by atoms with van der Waals surface area (Å²) in [5.41, 5.74) is 7.23. The van der Waals surface area contributed by atoms with Crippen molar-refractivity contribution in [3.63, 3.8) is 0 Å². The number of amides is 1. The molecular weight excluding hydrogens is 247 g/mol. The summed E-state index contributed by atoms with van der Waals surface area (Å²) in [7, 11) is 0. The van der Waals surface area contributed by atoms with Gasteiger partial charge in [-0.3, -0.25) is 9.48 Å². The summed E-state index contributed by atoms with van der Waals surface area (Å²) < 4.78 is 14.3. The van der Waals surface area contributed by atoms with Crippen molar-refractivity contribution in [2.45, 2.75) is 20.0 Å². The van der Waals surface area contributed by atoms with E-state index in [2.05, 4.69) is 10.4 Å². The van der Waals surface area contributed by atoms with Crippen molar-refractivity contribution < 1.29 is 9.18 Å². The minimum Gasteiger partial charge on any atom is -0.396 e. The second-order valence-electron chi connectivity index (χ2n) is 4.07. The van der Waals surface area contributed by atoms with Gasteiger partial charge in [-0.2, -0.15) is 5.10 Å². The van der Waals surface area contributed by atoms with Gasteiger partial charge in [-0.1, -0.05) is 12.1 Å². The van der Waals surface area contributed by atoms with Crippen molar-refractivity contribution in [1.82, 2.24) is 15.1 Å². The minimum absolute atomic E-state index is 0.291. The zero-order chi connectivity index (χ0) is 13.8. The Bertz CT molecular complexity index is 577. The number of nitrogens with one attached hydrogen (secondary N) is 1. The molecule has 0 fully saturated rings. The first-order valence-corrected chi connectivity index (χ1v) is 5.95. The van der Waals surface area contributed by atoms with Gasteiger partial charge in [-0.15, -0.1) is 0 Å². The van der Waals surface area contributed by atoms with Crippen molar-refractivity contribution in [2.24, 2.45) is 0 Å². The van der Waals surface area contributed by atoms with Crippen molar-refractivity contribution in [1.29, 1.82) is 0 Å². The molecule has 2 aromatic rings. The van der Waals surface area contributed by atoms with Gasteiger partial charge in [0.05, 0.1) is 11.9 Å². The van der Waals surface area contributed by atoms with Gasteiger partial charge >= 0.3 is 0 Å². The number of aromatic nitrogens is 2. The van der Waals surface area contributed by atoms with Crippen LogP contribution in [-0.4, -0.2) is 15.7 Å². The molecule has 0 spiro atoms. The minimum atomic E-state index is -0.302. The van der Waals surface area contributed by atoms with Crippen LogP contribution in [0.2, 0.25) is 0 Å². The first-order valence-electron chi connectivity index (χ1n) is 5.95. The van der Waals surface area contributed by atoms with Gasteiger partial charge in [0.25, 0.3) is 5.91 Å². The van der Waals surface area contributed by atoms with Crippen molar-refractivity contribution in [3.8, 4) is 0 Å². The molecule has 1 aromatic heterocycles. The van der Waals surface area contributed by atoms with Gasteiger partial charge in [0.15, 0.2) is 0 Å². The maximum absolute atomic E-state index is 12.7. The fourth-order valence-corrected chi connectivity index (χ4v) is 1.76. The summed E-state index contributed by atoms with van der Waals surface area (Å²) in [5, 5.41) is 6.74. The summed E-state index contributed by atoms with van der Waals surface area (Å²) in [4.78, 5) is 12.0. The van der Waals surface area contributed by atoms with E-state index in [1.165, 1.54) is 23.0 Å². The molecule has 0 aliphatic rings. The molecule has 1 amide bonds. The number of halogens is 1. The lowest BCUT2D eigenvalue weighted by Gasteiger charge is -2.07. The number of nitrogens with zero attached hydrogens (tertiary/aromatic N) is 2. The highest BCUT2D eigenvalue weighted by molar-refractivity contribution is 5.97. The van der Waals surface area contributed by atoms with E-state index in [1.807, 2.05) is 6.92 Å². The van der Waals surface area contributed by atoms with Gasteiger partial charge in [0.2, 0.25) is 0 Å². The van der Waals surface area contributed by atoms with Crippen LogP contribution in [0.1, 0.15) is 23.0 Å². The van der Waals surface area contributed by atoms with E-state index in [4.69, 9.17) is 5.73 Å². The quantitative estimate of drug-likeness (QED) is 0.878. The second kappa shape index (κ2) is 5.51. The van der Waals surface area contributed by atoms with Crippen LogP contribution in [0.3, 0.4) is 0 Å². The first-order chi connectivity index (χ1) is 9.11. The number of hydrogen-bond donors (Lipinski definition) is 2. The predicted molar refractivity (Wildman–Crippen MR) is 69.9 cm³/mol. The summed E-state index contributed by atoms with van der Waals surface area (Å²) in [6.45, 7) is 2.76. The van der Waals surface area contributed by atoms with Crippen molar-refractivity contribution in [3.05, 3.63) is 47.5 Å². The first kappa shape index (κ1) is 13.1. The molecule has 0 unspecified atom stereocenters. The summed E-state index contributed by atoms with van der Waals surface area (Å²) >= 11 is 0. The summed E-state index contributed by atoms with van der Waals surface area (Å²) in [6, 6.07) is 5.95. The highest BCUT2D eigenvalue weighted by Crippen LogP contribution is 2.11. The molecule has 0 aliphatic heterocycles. The third kappa shape index (κ3) is 2.90. The van der Waals surface area contributed by atoms with Gasteiger partial charge in [-0.25, -0.2) is 4.39 Å². The standard InChI is InChI=1S/C13H15FN4O/c1-2-18-12(11(15)8-17-18)13(19)16-7-9-3-5-10(14)6-4-9/h3-6,8H,2,7,15H2,1H3,(H,16,19). The Morgan fingerprint density at radius 2 is 2.11 bits per heavy atom. The number of nitrogen functional groups attached to an aromatic ring is 1. The molecule has 0 saturated carbocycles. The molecular formula is C13H15FN4O. The molecule has 0 aliphatic carbocycles. The number of benzene rings is 1. The molecule has 100 valence electrons. The monoisotopic (exact) mass is 262 g/mol. The molecule has 0 bridgehead atoms. The van der Waals surface area contributed by atoms with Crippen LogP contribution < -0.4 is 11.1 Å². The molecule has 0 radical (unpaired) electrons. The van der Waals surface area contributed by atoms with Crippen LogP contribution >= 0.6 is 0 Å². The molecule has 19 heavy (non-hydrogen) atoms. The summed E-state index contributed by atoms with van der Waals surface area (Å²) in [6.07, 6.45) is 1.45. The molecule has 0 atom stereocenters. The molecule has 2 rings (SSSR count). The molecule has 3 N–H and O–H groups in total. The average Bonchev–Trinajstić information content (AvgIpc) is 2.79.